The first-order valence-corrected chi connectivity index (χ1v) is 20.4. The van der Waals surface area contributed by atoms with Gasteiger partial charge in [0.1, 0.15) is 11.2 Å². The van der Waals surface area contributed by atoms with E-state index in [-0.39, 0.29) is 5.41 Å². The lowest BCUT2D eigenvalue weighted by Crippen LogP contribution is -2.16. The summed E-state index contributed by atoms with van der Waals surface area (Å²) < 4.78 is 6.70. The van der Waals surface area contributed by atoms with Crippen LogP contribution in [0.1, 0.15) is 25.0 Å². The maximum absolute atomic E-state index is 6.70. The van der Waals surface area contributed by atoms with Crippen molar-refractivity contribution in [2.45, 2.75) is 19.3 Å². The highest BCUT2D eigenvalue weighted by Crippen LogP contribution is 2.51. The van der Waals surface area contributed by atoms with Crippen LogP contribution in [-0.2, 0) is 5.41 Å². The molecule has 1 aliphatic carbocycles. The summed E-state index contributed by atoms with van der Waals surface area (Å²) in [6.45, 7) is 4.70. The Balaban J connectivity index is 1.04. The van der Waals surface area contributed by atoms with E-state index in [4.69, 9.17) is 4.42 Å². The second-order valence-electron chi connectivity index (χ2n) is 16.1. The topological polar surface area (TPSA) is 16.4 Å². The van der Waals surface area contributed by atoms with Gasteiger partial charge in [-0.25, -0.2) is 0 Å². The molecule has 0 spiro atoms. The van der Waals surface area contributed by atoms with Gasteiger partial charge in [-0.2, -0.15) is 0 Å². The lowest BCUT2D eigenvalue weighted by atomic mass is 9.82. The quantitative estimate of drug-likeness (QED) is 0.161. The minimum absolute atomic E-state index is 0.111. The number of hydrogen-bond donors (Lipinski definition) is 0. The smallest absolute Gasteiger partial charge is 0.143 e. The van der Waals surface area contributed by atoms with E-state index in [0.29, 0.717) is 0 Å². The third-order valence-corrected chi connectivity index (χ3v) is 12.3. The van der Waals surface area contributed by atoms with Crippen LogP contribution < -0.4 is 4.90 Å². The first-order valence-electron chi connectivity index (χ1n) is 20.4. The first-order chi connectivity index (χ1) is 29.0. The number of furan rings is 1. The van der Waals surface area contributed by atoms with Gasteiger partial charge in [0.2, 0.25) is 0 Å². The normalized spacial score (nSPS) is 12.7. The fourth-order valence-corrected chi connectivity index (χ4v) is 9.28. The van der Waals surface area contributed by atoms with E-state index in [0.717, 1.165) is 61.3 Å². The lowest BCUT2D eigenvalue weighted by molar-refractivity contribution is 0.660. The molecular weight excluding hydrogens is 715 g/mol. The van der Waals surface area contributed by atoms with Crippen molar-refractivity contribution in [2.75, 3.05) is 4.90 Å². The molecule has 0 amide bonds. The number of para-hydroxylation sites is 1. The van der Waals surface area contributed by atoms with Crippen LogP contribution in [0, 0.1) is 0 Å². The molecule has 0 fully saturated rings. The van der Waals surface area contributed by atoms with Gasteiger partial charge in [-0.15, -0.1) is 0 Å². The van der Waals surface area contributed by atoms with Crippen molar-refractivity contribution in [2.24, 2.45) is 0 Å². The molecule has 1 aliphatic rings. The van der Waals surface area contributed by atoms with E-state index >= 15 is 0 Å². The summed E-state index contributed by atoms with van der Waals surface area (Å²) in [5.41, 5.74) is 19.7. The molecule has 1 heterocycles. The monoisotopic (exact) mass is 755 g/mol. The van der Waals surface area contributed by atoms with Crippen molar-refractivity contribution in [3.8, 4) is 55.6 Å². The van der Waals surface area contributed by atoms with E-state index < -0.39 is 0 Å². The molecule has 0 bridgehead atoms. The second-order valence-corrected chi connectivity index (χ2v) is 16.1. The van der Waals surface area contributed by atoms with Gasteiger partial charge in [0.15, 0.2) is 0 Å². The molecule has 0 aliphatic heterocycles. The van der Waals surface area contributed by atoms with E-state index in [2.05, 4.69) is 225 Å². The Kier molecular flexibility index (Phi) is 8.20. The van der Waals surface area contributed by atoms with Crippen molar-refractivity contribution in [3.63, 3.8) is 0 Å². The van der Waals surface area contributed by atoms with Crippen LogP contribution in [0.2, 0.25) is 0 Å². The number of benzene rings is 9. The molecule has 0 unspecified atom stereocenters. The number of nitrogens with zero attached hydrogens (tertiary/aromatic N) is 1. The third-order valence-electron chi connectivity index (χ3n) is 12.3. The van der Waals surface area contributed by atoms with Crippen molar-refractivity contribution in [1.82, 2.24) is 0 Å². The van der Waals surface area contributed by atoms with Gasteiger partial charge >= 0.3 is 0 Å². The molecule has 2 nitrogen and oxygen atoms in total. The Morgan fingerprint density at radius 3 is 1.53 bits per heavy atom. The van der Waals surface area contributed by atoms with Crippen LogP contribution in [0.4, 0.5) is 17.1 Å². The van der Waals surface area contributed by atoms with E-state index in [1.807, 2.05) is 6.07 Å². The number of anilines is 3. The Bertz CT molecular complexity index is 3140. The van der Waals surface area contributed by atoms with Crippen LogP contribution in [0.5, 0.6) is 0 Å². The van der Waals surface area contributed by atoms with E-state index in [9.17, 15) is 0 Å². The second kappa shape index (κ2) is 13.9. The number of fused-ring (bicyclic) bond motifs is 6. The number of rotatable bonds is 7. The van der Waals surface area contributed by atoms with E-state index in [1.165, 1.54) is 44.5 Å². The van der Waals surface area contributed by atoms with Crippen LogP contribution in [0.25, 0.3) is 77.6 Å². The molecule has 0 saturated heterocycles. The summed E-state index contributed by atoms with van der Waals surface area (Å²) in [5, 5.41) is 2.25. The average molecular weight is 756 g/mol. The molecule has 10 aromatic rings. The lowest BCUT2D eigenvalue weighted by Gasteiger charge is -2.28. The van der Waals surface area contributed by atoms with Gasteiger partial charge in [0.25, 0.3) is 0 Å². The van der Waals surface area contributed by atoms with Gasteiger partial charge in [0.05, 0.1) is 0 Å². The summed E-state index contributed by atoms with van der Waals surface area (Å²) in [4.78, 5) is 2.39. The summed E-state index contributed by atoms with van der Waals surface area (Å²) >= 11 is 0. The average Bonchev–Trinajstić information content (AvgIpc) is 3.79. The molecule has 11 rings (SSSR count). The molecule has 280 valence electrons. The van der Waals surface area contributed by atoms with Crippen molar-refractivity contribution in [1.29, 1.82) is 0 Å². The van der Waals surface area contributed by atoms with E-state index in [1.54, 1.807) is 0 Å². The van der Waals surface area contributed by atoms with Crippen molar-refractivity contribution in [3.05, 3.63) is 223 Å². The van der Waals surface area contributed by atoms with Crippen LogP contribution >= 0.6 is 0 Å². The zero-order valence-corrected chi connectivity index (χ0v) is 33.1. The highest BCUT2D eigenvalue weighted by molar-refractivity contribution is 6.12. The van der Waals surface area contributed by atoms with Crippen LogP contribution in [0.15, 0.2) is 217 Å². The van der Waals surface area contributed by atoms with Gasteiger partial charge in [-0.05, 0) is 110 Å². The number of hydrogen-bond acceptors (Lipinski definition) is 2. The van der Waals surface area contributed by atoms with Crippen molar-refractivity contribution >= 4 is 39.0 Å². The maximum atomic E-state index is 6.70. The SMILES string of the molecule is CC1(C)c2ccccc2-c2ccc(N(c3ccc(-c4ccccc4)cc3)c3ccc(-c4ccc5c(oc6ccccc65)c4-c4ccc(-c5ccccc5)cc4)cc3)cc21. The van der Waals surface area contributed by atoms with Gasteiger partial charge < -0.3 is 9.32 Å². The highest BCUT2D eigenvalue weighted by atomic mass is 16.3. The largest absolute Gasteiger partial charge is 0.455 e. The molecular formula is C57H41NO. The summed E-state index contributed by atoms with van der Waals surface area (Å²) in [6.07, 6.45) is 0. The molecule has 9 aromatic carbocycles. The minimum atomic E-state index is -0.111. The van der Waals surface area contributed by atoms with Gasteiger partial charge in [-0.1, -0.05) is 178 Å². The van der Waals surface area contributed by atoms with Gasteiger partial charge in [-0.3, -0.25) is 0 Å². The van der Waals surface area contributed by atoms with Gasteiger partial charge in [0, 0.05) is 38.8 Å². The zero-order valence-electron chi connectivity index (χ0n) is 33.1. The molecule has 2 heteroatoms. The Hall–Kier alpha value is -7.42. The Morgan fingerprint density at radius 1 is 0.356 bits per heavy atom. The molecule has 0 atom stereocenters. The summed E-state index contributed by atoms with van der Waals surface area (Å²) in [7, 11) is 0. The predicted molar refractivity (Wildman–Crippen MR) is 248 cm³/mol. The standard InChI is InChI=1S/C57H41NO/c1-57(2)52-19-11-9-17-48(52)49-34-33-46(37-53(49)57)58(44-29-25-41(26-30-44)39-15-7-4-8-16-39)45-31-27-42(28-32-45)47-35-36-51-50-18-10-12-20-54(50)59-56(51)55(47)43-23-21-40(22-24-43)38-13-5-3-6-14-38/h3-37H,1-2H3. The summed E-state index contributed by atoms with van der Waals surface area (Å²) in [5.74, 6) is 0. The fourth-order valence-electron chi connectivity index (χ4n) is 9.28. The molecule has 0 saturated carbocycles. The molecule has 1 aromatic heterocycles. The maximum Gasteiger partial charge on any atom is 0.143 e. The Morgan fingerprint density at radius 2 is 0.847 bits per heavy atom. The molecule has 0 N–H and O–H groups in total. The first kappa shape index (κ1) is 34.8. The highest BCUT2D eigenvalue weighted by Gasteiger charge is 2.35. The third kappa shape index (κ3) is 5.87. The van der Waals surface area contributed by atoms with Crippen LogP contribution in [-0.4, -0.2) is 0 Å². The zero-order chi connectivity index (χ0) is 39.5. The van der Waals surface area contributed by atoms with Crippen molar-refractivity contribution < 1.29 is 4.42 Å². The predicted octanol–water partition coefficient (Wildman–Crippen LogP) is 16.0. The minimum Gasteiger partial charge on any atom is -0.455 e. The molecule has 0 radical (unpaired) electrons. The summed E-state index contributed by atoms with van der Waals surface area (Å²) in [6, 6.07) is 76.7. The van der Waals surface area contributed by atoms with Crippen LogP contribution in [0.3, 0.4) is 0 Å². The Labute approximate surface area is 345 Å². The fraction of sp³-hybridized carbons (Fsp3) is 0.0526. The molecule has 59 heavy (non-hydrogen) atoms.